The van der Waals surface area contributed by atoms with Crippen LogP contribution in [0.4, 0.5) is 0 Å². The number of Topliss-reactive ketones (excluding diaryl/α,β-unsaturated/α-hetero) is 2. The number of carbonyl (C=O) groups excluding carboxylic acids is 3. The Hall–Kier alpha value is -3.35. The third-order valence-electron chi connectivity index (χ3n) is 4.28. The van der Waals surface area contributed by atoms with Crippen LogP contribution in [0.1, 0.15) is 40.5 Å². The molecular formula is C22H22O7. The first-order chi connectivity index (χ1) is 14.0. The molecule has 0 N–H and O–H groups in total. The quantitative estimate of drug-likeness (QED) is 0.364. The summed E-state index contributed by atoms with van der Waals surface area (Å²) in [7, 11) is 0. The van der Waals surface area contributed by atoms with Gasteiger partial charge in [-0.1, -0.05) is 0 Å². The fourth-order valence-corrected chi connectivity index (χ4v) is 2.71. The Labute approximate surface area is 168 Å². The topological polar surface area (TPSA) is 88.1 Å². The second-order valence-electron chi connectivity index (χ2n) is 6.47. The molecule has 152 valence electrons. The van der Waals surface area contributed by atoms with Crippen LogP contribution in [0.2, 0.25) is 0 Å². The average Bonchev–Trinajstić information content (AvgIpc) is 2.75. The van der Waals surface area contributed by atoms with Crippen LogP contribution in [0.25, 0.3) is 0 Å². The van der Waals surface area contributed by atoms with Crippen LogP contribution < -0.4 is 14.2 Å². The SMILES string of the molecule is CC(=O)c1ccc(OCCCC(=O)OCC(=O)c2ccc3c(c2)OCCO3)cc1. The van der Waals surface area contributed by atoms with E-state index in [-0.39, 0.29) is 24.6 Å². The lowest BCUT2D eigenvalue weighted by atomic mass is 10.1. The highest BCUT2D eigenvalue weighted by Gasteiger charge is 2.16. The fraction of sp³-hybridized carbons (Fsp3) is 0.318. The molecule has 1 aliphatic rings. The van der Waals surface area contributed by atoms with E-state index in [0.717, 1.165) is 0 Å². The first kappa shape index (κ1) is 20.4. The summed E-state index contributed by atoms with van der Waals surface area (Å²) >= 11 is 0. The standard InChI is InChI=1S/C22H22O7/c1-15(23)16-4-7-18(8-5-16)26-10-2-3-22(25)29-14-19(24)17-6-9-20-21(13-17)28-12-11-27-20/h4-9,13H,2-3,10-12,14H2,1H3. The van der Waals surface area contributed by atoms with Gasteiger partial charge in [-0.2, -0.15) is 0 Å². The lowest BCUT2D eigenvalue weighted by Crippen LogP contribution is -2.17. The van der Waals surface area contributed by atoms with Gasteiger partial charge in [-0.25, -0.2) is 0 Å². The monoisotopic (exact) mass is 398 g/mol. The van der Waals surface area contributed by atoms with Gasteiger partial charge in [0.2, 0.25) is 0 Å². The zero-order valence-electron chi connectivity index (χ0n) is 16.1. The molecule has 0 unspecified atom stereocenters. The third kappa shape index (κ3) is 5.81. The highest BCUT2D eigenvalue weighted by molar-refractivity contribution is 5.98. The van der Waals surface area contributed by atoms with Crippen LogP contribution in [-0.4, -0.2) is 44.0 Å². The van der Waals surface area contributed by atoms with Gasteiger partial charge in [-0.15, -0.1) is 0 Å². The van der Waals surface area contributed by atoms with E-state index in [2.05, 4.69) is 0 Å². The van der Waals surface area contributed by atoms with Gasteiger partial charge in [0.05, 0.1) is 6.61 Å². The van der Waals surface area contributed by atoms with Crippen LogP contribution in [0, 0.1) is 0 Å². The minimum absolute atomic E-state index is 0.00918. The number of fused-ring (bicyclic) bond motifs is 1. The predicted octanol–water partition coefficient (Wildman–Crippen LogP) is 3.25. The molecule has 29 heavy (non-hydrogen) atoms. The number of esters is 1. The molecule has 0 atom stereocenters. The van der Waals surface area contributed by atoms with Crippen LogP contribution in [0.5, 0.6) is 17.2 Å². The van der Waals surface area contributed by atoms with Crippen LogP contribution in [-0.2, 0) is 9.53 Å². The van der Waals surface area contributed by atoms with E-state index in [9.17, 15) is 14.4 Å². The molecule has 0 fully saturated rings. The summed E-state index contributed by atoms with van der Waals surface area (Å²) in [4.78, 5) is 35.3. The van der Waals surface area contributed by atoms with Crippen molar-refractivity contribution in [3.63, 3.8) is 0 Å². The average molecular weight is 398 g/mol. The minimum Gasteiger partial charge on any atom is -0.494 e. The van der Waals surface area contributed by atoms with Crippen LogP contribution in [0.3, 0.4) is 0 Å². The zero-order valence-corrected chi connectivity index (χ0v) is 16.1. The summed E-state index contributed by atoms with van der Waals surface area (Å²) in [5, 5.41) is 0. The summed E-state index contributed by atoms with van der Waals surface area (Å²) < 4.78 is 21.4. The van der Waals surface area contributed by atoms with Gasteiger partial charge in [-0.05, 0) is 55.8 Å². The number of hydrogen-bond donors (Lipinski definition) is 0. The summed E-state index contributed by atoms with van der Waals surface area (Å²) in [5.74, 6) is 0.952. The molecule has 0 saturated carbocycles. The Bertz CT molecular complexity index is 887. The highest BCUT2D eigenvalue weighted by atomic mass is 16.6. The van der Waals surface area contributed by atoms with E-state index < -0.39 is 5.97 Å². The van der Waals surface area contributed by atoms with Gasteiger partial charge in [0.15, 0.2) is 29.7 Å². The largest absolute Gasteiger partial charge is 0.494 e. The van der Waals surface area contributed by atoms with Crippen LogP contribution >= 0.6 is 0 Å². The summed E-state index contributed by atoms with van der Waals surface area (Å²) in [6.07, 6.45) is 0.589. The Morgan fingerprint density at radius 2 is 1.62 bits per heavy atom. The maximum Gasteiger partial charge on any atom is 0.306 e. The number of ether oxygens (including phenoxy) is 4. The van der Waals surface area contributed by atoms with E-state index in [1.165, 1.54) is 6.92 Å². The normalized spacial score (nSPS) is 12.2. The lowest BCUT2D eigenvalue weighted by molar-refractivity contribution is -0.142. The van der Waals surface area contributed by atoms with Gasteiger partial charge >= 0.3 is 5.97 Å². The molecule has 0 aliphatic carbocycles. The minimum atomic E-state index is -0.466. The number of hydrogen-bond acceptors (Lipinski definition) is 7. The predicted molar refractivity (Wildman–Crippen MR) is 104 cm³/mol. The van der Waals surface area contributed by atoms with Crippen LogP contribution in [0.15, 0.2) is 42.5 Å². The molecule has 3 rings (SSSR count). The number of ketones is 2. The molecular weight excluding hydrogens is 376 g/mol. The second-order valence-corrected chi connectivity index (χ2v) is 6.47. The number of benzene rings is 2. The lowest BCUT2D eigenvalue weighted by Gasteiger charge is -2.18. The van der Waals surface area contributed by atoms with Crippen molar-refractivity contribution in [2.24, 2.45) is 0 Å². The van der Waals surface area contributed by atoms with Gasteiger partial charge in [0, 0.05) is 17.5 Å². The van der Waals surface area contributed by atoms with E-state index >= 15 is 0 Å². The molecule has 1 aliphatic heterocycles. The van der Waals surface area contributed by atoms with Crippen molar-refractivity contribution in [1.82, 2.24) is 0 Å². The van der Waals surface area contributed by atoms with Crippen molar-refractivity contribution in [2.75, 3.05) is 26.4 Å². The van der Waals surface area contributed by atoms with Gasteiger partial charge in [-0.3, -0.25) is 14.4 Å². The maximum absolute atomic E-state index is 12.2. The molecule has 7 nitrogen and oxygen atoms in total. The summed E-state index contributed by atoms with van der Waals surface area (Å²) in [5.41, 5.74) is 1.02. The van der Waals surface area contributed by atoms with Crippen molar-refractivity contribution in [3.8, 4) is 17.2 Å². The summed E-state index contributed by atoms with van der Waals surface area (Å²) in [6, 6.07) is 11.7. The second kappa shape index (κ2) is 9.73. The molecule has 0 amide bonds. The zero-order chi connectivity index (χ0) is 20.6. The number of carbonyl (C=O) groups is 3. The van der Waals surface area contributed by atoms with E-state index in [1.54, 1.807) is 42.5 Å². The van der Waals surface area contributed by atoms with Gasteiger partial charge in [0.25, 0.3) is 0 Å². The van der Waals surface area contributed by atoms with E-state index in [0.29, 0.717) is 54.6 Å². The Morgan fingerprint density at radius 1 is 0.931 bits per heavy atom. The smallest absolute Gasteiger partial charge is 0.306 e. The molecule has 0 radical (unpaired) electrons. The molecule has 1 heterocycles. The van der Waals surface area contributed by atoms with Gasteiger partial charge < -0.3 is 18.9 Å². The molecule has 0 saturated heterocycles. The Balaban J connectivity index is 1.36. The van der Waals surface area contributed by atoms with Crippen molar-refractivity contribution < 1.29 is 33.3 Å². The molecule has 0 bridgehead atoms. The molecule has 0 aromatic heterocycles. The van der Waals surface area contributed by atoms with Crippen molar-refractivity contribution >= 4 is 17.5 Å². The summed E-state index contributed by atoms with van der Waals surface area (Å²) in [6.45, 7) is 2.41. The third-order valence-corrected chi connectivity index (χ3v) is 4.28. The molecule has 7 heteroatoms. The van der Waals surface area contributed by atoms with E-state index in [4.69, 9.17) is 18.9 Å². The molecule has 2 aromatic carbocycles. The first-order valence-corrected chi connectivity index (χ1v) is 9.35. The Morgan fingerprint density at radius 3 is 2.34 bits per heavy atom. The van der Waals surface area contributed by atoms with Crippen molar-refractivity contribution in [3.05, 3.63) is 53.6 Å². The highest BCUT2D eigenvalue weighted by Crippen LogP contribution is 2.30. The van der Waals surface area contributed by atoms with Gasteiger partial charge in [0.1, 0.15) is 19.0 Å². The van der Waals surface area contributed by atoms with Crippen molar-refractivity contribution in [1.29, 1.82) is 0 Å². The maximum atomic E-state index is 12.2. The van der Waals surface area contributed by atoms with E-state index in [1.807, 2.05) is 0 Å². The fourth-order valence-electron chi connectivity index (χ4n) is 2.71. The molecule has 2 aromatic rings. The molecule has 0 spiro atoms. The number of rotatable bonds is 9. The Kier molecular flexibility index (Phi) is 6.84. The first-order valence-electron chi connectivity index (χ1n) is 9.35. The van der Waals surface area contributed by atoms with Crippen molar-refractivity contribution in [2.45, 2.75) is 19.8 Å².